The molecule has 2 unspecified atom stereocenters. The van der Waals surface area contributed by atoms with Gasteiger partial charge in [0.05, 0.1) is 5.69 Å². The van der Waals surface area contributed by atoms with Gasteiger partial charge in [-0.05, 0) is 40.2 Å². The number of rotatable bonds is 3. The van der Waals surface area contributed by atoms with Gasteiger partial charge in [-0.15, -0.1) is 5.10 Å². The number of aromatic nitrogens is 2. The summed E-state index contributed by atoms with van der Waals surface area (Å²) >= 11 is 0. The van der Waals surface area contributed by atoms with Crippen molar-refractivity contribution in [2.45, 2.75) is 71.1 Å². The first-order chi connectivity index (χ1) is 8.82. The molecule has 1 aliphatic rings. The first-order valence-electron chi connectivity index (χ1n) is 7.08. The number of hydrogen-bond donors (Lipinski definition) is 1. The van der Waals surface area contributed by atoms with Crippen LogP contribution >= 0.6 is 0 Å². The first-order valence-corrected chi connectivity index (χ1v) is 7.08. The molecule has 2 rings (SSSR count). The highest BCUT2D eigenvalue weighted by Crippen LogP contribution is 2.32. The van der Waals surface area contributed by atoms with Crippen molar-refractivity contribution in [2.24, 2.45) is 0 Å². The summed E-state index contributed by atoms with van der Waals surface area (Å²) in [5.41, 5.74) is 1.13. The third-order valence-electron chi connectivity index (χ3n) is 3.90. The predicted molar refractivity (Wildman–Crippen MR) is 76.3 cm³/mol. The van der Waals surface area contributed by atoms with Crippen LogP contribution in [0.1, 0.15) is 52.7 Å². The molecule has 0 aromatic carbocycles. The van der Waals surface area contributed by atoms with E-state index in [4.69, 9.17) is 4.74 Å². The Bertz CT molecular complexity index is 430. The van der Waals surface area contributed by atoms with Crippen LogP contribution < -0.4 is 10.1 Å². The van der Waals surface area contributed by atoms with Crippen LogP contribution in [0.3, 0.4) is 0 Å². The first kappa shape index (κ1) is 14.3. The molecule has 0 bridgehead atoms. The fourth-order valence-electron chi connectivity index (χ4n) is 3.00. The lowest BCUT2D eigenvalue weighted by Crippen LogP contribution is -2.61. The van der Waals surface area contributed by atoms with Crippen LogP contribution in [-0.2, 0) is 0 Å². The maximum Gasteiger partial charge on any atom is 0.233 e. The van der Waals surface area contributed by atoms with Crippen molar-refractivity contribution in [3.63, 3.8) is 0 Å². The van der Waals surface area contributed by atoms with Crippen LogP contribution in [0.15, 0.2) is 12.1 Å². The highest BCUT2D eigenvalue weighted by Gasteiger charge is 2.40. The molecule has 0 saturated carbocycles. The molecular formula is C15H25N3O. The monoisotopic (exact) mass is 263 g/mol. The Morgan fingerprint density at radius 2 is 2.00 bits per heavy atom. The minimum Gasteiger partial charge on any atom is -0.473 e. The van der Waals surface area contributed by atoms with Crippen LogP contribution in [-0.4, -0.2) is 27.4 Å². The third kappa shape index (κ3) is 3.66. The Labute approximate surface area is 116 Å². The van der Waals surface area contributed by atoms with Gasteiger partial charge < -0.3 is 10.1 Å². The van der Waals surface area contributed by atoms with E-state index in [-0.39, 0.29) is 17.2 Å². The van der Waals surface area contributed by atoms with Gasteiger partial charge in [0, 0.05) is 30.0 Å². The average Bonchev–Trinajstić information content (AvgIpc) is 2.30. The van der Waals surface area contributed by atoms with E-state index in [1.54, 1.807) is 0 Å². The summed E-state index contributed by atoms with van der Waals surface area (Å²) in [6, 6.07) is 3.84. The Hall–Kier alpha value is -1.16. The molecule has 0 amide bonds. The summed E-state index contributed by atoms with van der Waals surface area (Å²) in [5, 5.41) is 11.9. The van der Waals surface area contributed by atoms with Crippen LogP contribution in [0.25, 0.3) is 0 Å². The molecule has 106 valence electrons. The van der Waals surface area contributed by atoms with Gasteiger partial charge in [-0.25, -0.2) is 0 Å². The van der Waals surface area contributed by atoms with E-state index < -0.39 is 0 Å². The SMILES string of the molecule is CCC1(C)CC(Oc2ccc(C)nn2)CC(C)(C)N1. The molecule has 1 saturated heterocycles. The fourth-order valence-corrected chi connectivity index (χ4v) is 3.00. The molecule has 0 spiro atoms. The van der Waals surface area contributed by atoms with Crippen molar-refractivity contribution in [3.8, 4) is 5.88 Å². The Kier molecular flexibility index (Phi) is 3.81. The van der Waals surface area contributed by atoms with Crippen molar-refractivity contribution in [1.82, 2.24) is 15.5 Å². The van der Waals surface area contributed by atoms with Gasteiger partial charge in [0.1, 0.15) is 6.10 Å². The van der Waals surface area contributed by atoms with Crippen LogP contribution in [0, 0.1) is 6.92 Å². The maximum atomic E-state index is 6.03. The molecule has 4 heteroatoms. The molecule has 1 aromatic heterocycles. The highest BCUT2D eigenvalue weighted by molar-refractivity contribution is 5.12. The molecule has 1 aliphatic heterocycles. The van der Waals surface area contributed by atoms with E-state index >= 15 is 0 Å². The number of nitrogens with one attached hydrogen (secondary N) is 1. The smallest absolute Gasteiger partial charge is 0.233 e. The molecule has 0 radical (unpaired) electrons. The Morgan fingerprint density at radius 1 is 1.26 bits per heavy atom. The van der Waals surface area contributed by atoms with E-state index in [1.807, 2.05) is 19.1 Å². The molecule has 1 fully saturated rings. The second kappa shape index (κ2) is 5.08. The molecule has 4 nitrogen and oxygen atoms in total. The lowest BCUT2D eigenvalue weighted by Gasteiger charge is -2.47. The summed E-state index contributed by atoms with van der Waals surface area (Å²) in [4.78, 5) is 0. The van der Waals surface area contributed by atoms with Gasteiger partial charge in [0.25, 0.3) is 0 Å². The van der Waals surface area contributed by atoms with Crippen molar-refractivity contribution >= 4 is 0 Å². The van der Waals surface area contributed by atoms with Crippen LogP contribution in [0.2, 0.25) is 0 Å². The highest BCUT2D eigenvalue weighted by atomic mass is 16.5. The van der Waals surface area contributed by atoms with Gasteiger partial charge in [-0.2, -0.15) is 5.10 Å². The average molecular weight is 263 g/mol. The molecule has 0 aliphatic carbocycles. The number of hydrogen-bond acceptors (Lipinski definition) is 4. The van der Waals surface area contributed by atoms with Gasteiger partial charge in [0.15, 0.2) is 0 Å². The lowest BCUT2D eigenvalue weighted by atomic mass is 9.78. The molecule has 19 heavy (non-hydrogen) atoms. The summed E-state index contributed by atoms with van der Waals surface area (Å²) in [6.07, 6.45) is 3.27. The zero-order valence-corrected chi connectivity index (χ0v) is 12.7. The zero-order valence-electron chi connectivity index (χ0n) is 12.7. The van der Waals surface area contributed by atoms with E-state index in [2.05, 4.69) is 43.2 Å². The van der Waals surface area contributed by atoms with Gasteiger partial charge in [0.2, 0.25) is 5.88 Å². The van der Waals surface area contributed by atoms with Gasteiger partial charge in [-0.1, -0.05) is 6.92 Å². The maximum absolute atomic E-state index is 6.03. The fraction of sp³-hybridized carbons (Fsp3) is 0.733. The Morgan fingerprint density at radius 3 is 2.58 bits per heavy atom. The molecule has 2 atom stereocenters. The summed E-state index contributed by atoms with van der Waals surface area (Å²) < 4.78 is 6.03. The van der Waals surface area contributed by atoms with E-state index in [9.17, 15) is 0 Å². The summed E-state index contributed by atoms with van der Waals surface area (Å²) in [5.74, 6) is 0.631. The second-order valence-electron chi connectivity index (χ2n) is 6.58. The minimum absolute atomic E-state index is 0.0891. The van der Waals surface area contributed by atoms with Gasteiger partial charge in [-0.3, -0.25) is 0 Å². The molecular weight excluding hydrogens is 238 g/mol. The van der Waals surface area contributed by atoms with E-state index in [0.29, 0.717) is 5.88 Å². The van der Waals surface area contributed by atoms with Crippen LogP contribution in [0.4, 0.5) is 0 Å². The normalized spacial score (nSPS) is 30.1. The molecule has 2 heterocycles. The molecule has 1 N–H and O–H groups in total. The minimum atomic E-state index is 0.0891. The number of nitrogens with zero attached hydrogens (tertiary/aromatic N) is 2. The number of aryl methyl sites for hydroxylation is 1. The topological polar surface area (TPSA) is 47.0 Å². The molecule has 1 aromatic rings. The largest absolute Gasteiger partial charge is 0.473 e. The van der Waals surface area contributed by atoms with E-state index in [0.717, 1.165) is 25.0 Å². The van der Waals surface area contributed by atoms with Crippen molar-refractivity contribution in [2.75, 3.05) is 0 Å². The van der Waals surface area contributed by atoms with Gasteiger partial charge >= 0.3 is 0 Å². The summed E-state index contributed by atoms with van der Waals surface area (Å²) in [6.45, 7) is 10.9. The standard InChI is InChI=1S/C15H25N3O/c1-6-15(5)10-12(9-14(3,4)18-15)19-13-8-7-11(2)16-17-13/h7-8,12,18H,6,9-10H2,1-5H3. The van der Waals surface area contributed by atoms with E-state index in [1.165, 1.54) is 0 Å². The predicted octanol–water partition coefficient (Wildman–Crippen LogP) is 2.86. The van der Waals surface area contributed by atoms with Crippen molar-refractivity contribution in [3.05, 3.63) is 17.8 Å². The third-order valence-corrected chi connectivity index (χ3v) is 3.90. The van der Waals surface area contributed by atoms with Crippen molar-refractivity contribution in [1.29, 1.82) is 0 Å². The van der Waals surface area contributed by atoms with Crippen LogP contribution in [0.5, 0.6) is 5.88 Å². The number of ether oxygens (including phenoxy) is 1. The quantitative estimate of drug-likeness (QED) is 0.911. The lowest BCUT2D eigenvalue weighted by molar-refractivity contribution is 0.0434. The van der Waals surface area contributed by atoms with Crippen molar-refractivity contribution < 1.29 is 4.74 Å². The second-order valence-corrected chi connectivity index (χ2v) is 6.58. The Balaban J connectivity index is 2.09. The zero-order chi connectivity index (χ0) is 14.1. The summed E-state index contributed by atoms with van der Waals surface area (Å²) in [7, 11) is 0. The number of piperidine rings is 1.